The molecule has 1 N–H and O–H groups in total. The van der Waals surface area contributed by atoms with Crippen molar-refractivity contribution in [2.24, 2.45) is 0 Å². The molecule has 7 nitrogen and oxygen atoms in total. The van der Waals surface area contributed by atoms with Crippen LogP contribution in [0.3, 0.4) is 0 Å². The summed E-state index contributed by atoms with van der Waals surface area (Å²) in [5.74, 6) is -1.52. The number of nitrogens with one attached hydrogen (secondary N) is 1. The van der Waals surface area contributed by atoms with Crippen molar-refractivity contribution in [3.05, 3.63) is 35.4 Å². The number of Topliss-reactive ketones (excluding diaryl/α,β-unsaturated/α-hetero) is 1. The Morgan fingerprint density at radius 3 is 2.18 bits per heavy atom. The highest BCUT2D eigenvalue weighted by Crippen LogP contribution is 2.27. The number of imide groups is 1. The van der Waals surface area contributed by atoms with Crippen LogP contribution in [0.5, 0.6) is 0 Å². The van der Waals surface area contributed by atoms with Crippen molar-refractivity contribution in [1.29, 1.82) is 0 Å². The van der Waals surface area contributed by atoms with Gasteiger partial charge in [-0.05, 0) is 24.8 Å². The van der Waals surface area contributed by atoms with Gasteiger partial charge in [0.15, 0.2) is 12.4 Å². The average Bonchev–Trinajstić information content (AvgIpc) is 2.91. The molecule has 0 bridgehead atoms. The second-order valence-electron chi connectivity index (χ2n) is 7.04. The van der Waals surface area contributed by atoms with Crippen LogP contribution in [-0.4, -0.2) is 47.3 Å². The van der Waals surface area contributed by atoms with Gasteiger partial charge in [0.2, 0.25) is 0 Å². The molecule has 28 heavy (non-hydrogen) atoms. The van der Waals surface area contributed by atoms with Gasteiger partial charge in [0.1, 0.15) is 12.1 Å². The third kappa shape index (κ3) is 4.77. The minimum absolute atomic E-state index is 0.334. The van der Waals surface area contributed by atoms with Crippen molar-refractivity contribution < 1.29 is 23.9 Å². The lowest BCUT2D eigenvalue weighted by Gasteiger charge is -2.25. The van der Waals surface area contributed by atoms with Gasteiger partial charge in [-0.25, -0.2) is 4.79 Å². The van der Waals surface area contributed by atoms with Gasteiger partial charge in [-0.1, -0.05) is 57.9 Å². The largest absolute Gasteiger partial charge is 0.456 e. The van der Waals surface area contributed by atoms with Crippen LogP contribution in [0.15, 0.2) is 24.3 Å². The van der Waals surface area contributed by atoms with Crippen molar-refractivity contribution >= 4 is 23.7 Å². The van der Waals surface area contributed by atoms with E-state index in [0.717, 1.165) is 29.7 Å². The van der Waals surface area contributed by atoms with Crippen LogP contribution in [0, 0.1) is 0 Å². The highest BCUT2D eigenvalue weighted by Gasteiger charge is 2.50. The minimum Gasteiger partial charge on any atom is -0.456 e. The maximum absolute atomic E-state index is 12.7. The number of carbonyl (C=O) groups excluding carboxylic acids is 4. The highest BCUT2D eigenvalue weighted by molar-refractivity contribution is 6.08. The smallest absolute Gasteiger partial charge is 0.326 e. The number of hydrogen-bond donors (Lipinski definition) is 1. The summed E-state index contributed by atoms with van der Waals surface area (Å²) in [6.07, 6.45) is 3.37. The summed E-state index contributed by atoms with van der Waals surface area (Å²) < 4.78 is 5.00. The number of hydrogen-bond acceptors (Lipinski definition) is 5. The monoisotopic (exact) mass is 388 g/mol. The van der Waals surface area contributed by atoms with E-state index >= 15 is 0 Å². The lowest BCUT2D eigenvalue weighted by atomic mass is 9.88. The third-order valence-corrected chi connectivity index (χ3v) is 4.94. The first kappa shape index (κ1) is 21.6. The Hall–Kier alpha value is -2.70. The first-order valence-corrected chi connectivity index (χ1v) is 9.78. The normalized spacial score (nSPS) is 15.5. The van der Waals surface area contributed by atoms with Crippen LogP contribution in [0.25, 0.3) is 0 Å². The van der Waals surface area contributed by atoms with Crippen molar-refractivity contribution in [2.75, 3.05) is 13.2 Å². The summed E-state index contributed by atoms with van der Waals surface area (Å²) in [7, 11) is 0. The number of ether oxygens (including phenoxy) is 1. The Morgan fingerprint density at radius 2 is 1.64 bits per heavy atom. The van der Waals surface area contributed by atoms with Crippen molar-refractivity contribution in [1.82, 2.24) is 10.2 Å². The molecule has 0 unspecified atom stereocenters. The Bertz CT molecular complexity index is 736. The molecule has 0 atom stereocenters. The van der Waals surface area contributed by atoms with Gasteiger partial charge in [-0.15, -0.1) is 0 Å². The van der Waals surface area contributed by atoms with Gasteiger partial charge in [0.05, 0.1) is 0 Å². The third-order valence-electron chi connectivity index (χ3n) is 4.94. The van der Waals surface area contributed by atoms with E-state index < -0.39 is 36.6 Å². The van der Waals surface area contributed by atoms with Gasteiger partial charge >= 0.3 is 12.0 Å². The standard InChI is InChI=1S/C21H28N2O5/c1-4-11-21(12-5-2)19(26)23(20(27)22-21)13-18(25)28-14-17(24)16-9-7-15(6-3)8-10-16/h7-10H,4-6,11-14H2,1-3H3,(H,22,27). The number of nitrogens with zero attached hydrogens (tertiary/aromatic N) is 1. The molecule has 1 aliphatic heterocycles. The van der Waals surface area contributed by atoms with E-state index in [-0.39, 0.29) is 5.78 Å². The molecule has 2 rings (SSSR count). The molecule has 7 heteroatoms. The second-order valence-corrected chi connectivity index (χ2v) is 7.04. The lowest BCUT2D eigenvalue weighted by Crippen LogP contribution is -2.47. The maximum atomic E-state index is 12.7. The minimum atomic E-state index is -0.947. The Balaban J connectivity index is 1.93. The van der Waals surface area contributed by atoms with Gasteiger partial charge in [0.25, 0.3) is 5.91 Å². The summed E-state index contributed by atoms with van der Waals surface area (Å²) >= 11 is 0. The van der Waals surface area contributed by atoms with Gasteiger partial charge in [0, 0.05) is 5.56 Å². The van der Waals surface area contributed by atoms with E-state index in [4.69, 9.17) is 4.74 Å². The topological polar surface area (TPSA) is 92.8 Å². The van der Waals surface area contributed by atoms with Gasteiger partial charge in [-0.3, -0.25) is 19.3 Å². The number of ketones is 1. The van der Waals surface area contributed by atoms with E-state index in [2.05, 4.69) is 5.32 Å². The molecule has 1 aromatic rings. The second kappa shape index (κ2) is 9.48. The molecule has 1 aliphatic rings. The average molecular weight is 388 g/mol. The van der Waals surface area contributed by atoms with Crippen LogP contribution >= 0.6 is 0 Å². The fourth-order valence-corrected chi connectivity index (χ4v) is 3.47. The molecule has 1 fully saturated rings. The van der Waals surface area contributed by atoms with Crippen molar-refractivity contribution in [3.8, 4) is 0 Å². The number of urea groups is 1. The molecule has 152 valence electrons. The molecule has 0 saturated carbocycles. The molecular weight excluding hydrogens is 360 g/mol. The Labute approximate surface area is 165 Å². The van der Waals surface area contributed by atoms with Crippen LogP contribution < -0.4 is 5.32 Å². The fourth-order valence-electron chi connectivity index (χ4n) is 3.47. The van der Waals surface area contributed by atoms with Crippen LogP contribution in [-0.2, 0) is 20.7 Å². The van der Waals surface area contributed by atoms with E-state index in [0.29, 0.717) is 18.4 Å². The summed E-state index contributed by atoms with van der Waals surface area (Å²) in [6.45, 7) is 4.97. The van der Waals surface area contributed by atoms with Crippen LogP contribution in [0.1, 0.15) is 62.4 Å². The number of carbonyl (C=O) groups is 4. The molecule has 3 amide bonds. The van der Waals surface area contributed by atoms with E-state index in [1.54, 1.807) is 12.1 Å². The van der Waals surface area contributed by atoms with Gasteiger partial charge in [-0.2, -0.15) is 0 Å². The highest BCUT2D eigenvalue weighted by atomic mass is 16.5. The number of amides is 3. The zero-order valence-electron chi connectivity index (χ0n) is 16.7. The molecule has 0 aliphatic carbocycles. The predicted molar refractivity (Wildman–Crippen MR) is 104 cm³/mol. The molecule has 1 saturated heterocycles. The van der Waals surface area contributed by atoms with E-state index in [1.807, 2.05) is 32.9 Å². The molecular formula is C21H28N2O5. The summed E-state index contributed by atoms with van der Waals surface area (Å²) in [6, 6.07) is 6.49. The zero-order chi connectivity index (χ0) is 20.7. The summed E-state index contributed by atoms with van der Waals surface area (Å²) in [5, 5.41) is 2.74. The number of esters is 1. The quantitative estimate of drug-likeness (QED) is 0.378. The van der Waals surface area contributed by atoms with Crippen molar-refractivity contribution in [2.45, 2.75) is 58.4 Å². The van der Waals surface area contributed by atoms with E-state index in [9.17, 15) is 19.2 Å². The fraction of sp³-hybridized carbons (Fsp3) is 0.524. The first-order chi connectivity index (χ1) is 13.4. The SMILES string of the molecule is CCCC1(CCC)NC(=O)N(CC(=O)OCC(=O)c2ccc(CC)cc2)C1=O. The van der Waals surface area contributed by atoms with Crippen LogP contribution in [0.2, 0.25) is 0 Å². The molecule has 1 heterocycles. The van der Waals surface area contributed by atoms with E-state index in [1.165, 1.54) is 0 Å². The van der Waals surface area contributed by atoms with Crippen molar-refractivity contribution in [3.63, 3.8) is 0 Å². The Kier molecular flexibility index (Phi) is 7.31. The molecule has 1 aromatic carbocycles. The molecule has 0 aromatic heterocycles. The Morgan fingerprint density at radius 1 is 1.04 bits per heavy atom. The number of rotatable bonds is 10. The molecule has 0 spiro atoms. The maximum Gasteiger partial charge on any atom is 0.326 e. The lowest BCUT2D eigenvalue weighted by molar-refractivity contribution is -0.147. The van der Waals surface area contributed by atoms with Crippen LogP contribution in [0.4, 0.5) is 4.79 Å². The molecule has 0 radical (unpaired) electrons. The summed E-state index contributed by atoms with van der Waals surface area (Å²) in [5.41, 5.74) is 0.609. The zero-order valence-corrected chi connectivity index (χ0v) is 16.7. The number of benzene rings is 1. The summed E-state index contributed by atoms with van der Waals surface area (Å²) in [4.78, 5) is 50.1. The van der Waals surface area contributed by atoms with Gasteiger partial charge < -0.3 is 10.1 Å². The first-order valence-electron chi connectivity index (χ1n) is 9.78. The number of aryl methyl sites for hydroxylation is 1. The predicted octanol–water partition coefficient (Wildman–Crippen LogP) is 2.87.